The summed E-state index contributed by atoms with van der Waals surface area (Å²) >= 11 is 0. The lowest BCUT2D eigenvalue weighted by Crippen LogP contribution is -2.28. The largest absolute Gasteiger partial charge is 0.497 e. The molecule has 1 atom stereocenters. The Labute approximate surface area is 181 Å². The summed E-state index contributed by atoms with van der Waals surface area (Å²) in [5.74, 6) is 1.57. The molecule has 1 fully saturated rings. The average molecular weight is 416 g/mol. The van der Waals surface area contributed by atoms with E-state index < -0.39 is 5.92 Å². The molecule has 31 heavy (non-hydrogen) atoms. The van der Waals surface area contributed by atoms with E-state index in [9.17, 15) is 9.59 Å². The van der Waals surface area contributed by atoms with Crippen LogP contribution >= 0.6 is 0 Å². The number of ether oxygens (including phenoxy) is 2. The summed E-state index contributed by atoms with van der Waals surface area (Å²) in [7, 11) is 1.59. The van der Waals surface area contributed by atoms with Crippen molar-refractivity contribution < 1.29 is 19.1 Å². The Kier molecular flexibility index (Phi) is 5.89. The fourth-order valence-corrected chi connectivity index (χ4v) is 3.54. The number of hydrogen-bond donors (Lipinski definition) is 1. The number of amides is 2. The number of para-hydroxylation sites is 1. The van der Waals surface area contributed by atoms with Gasteiger partial charge in [-0.15, -0.1) is 0 Å². The maximum absolute atomic E-state index is 12.7. The molecule has 3 aromatic rings. The van der Waals surface area contributed by atoms with Gasteiger partial charge in [0.1, 0.15) is 17.2 Å². The molecule has 3 aromatic carbocycles. The van der Waals surface area contributed by atoms with Gasteiger partial charge in [0.05, 0.1) is 13.0 Å². The predicted molar refractivity (Wildman–Crippen MR) is 120 cm³/mol. The molecule has 0 bridgehead atoms. The summed E-state index contributed by atoms with van der Waals surface area (Å²) in [6.45, 7) is 2.34. The van der Waals surface area contributed by atoms with E-state index in [-0.39, 0.29) is 18.2 Å². The SMILES string of the molecule is COc1ccc(N2C[C@@H](C(=O)Nc3ccc(Oc4ccccc4C)cc3)CC2=O)cc1. The maximum Gasteiger partial charge on any atom is 0.229 e. The van der Waals surface area contributed by atoms with Crippen LogP contribution in [-0.4, -0.2) is 25.5 Å². The zero-order chi connectivity index (χ0) is 21.8. The summed E-state index contributed by atoms with van der Waals surface area (Å²) < 4.78 is 11.0. The number of aryl methyl sites for hydroxylation is 1. The first-order chi connectivity index (χ1) is 15.0. The number of anilines is 2. The van der Waals surface area contributed by atoms with Crippen LogP contribution in [0.25, 0.3) is 0 Å². The third-order valence-electron chi connectivity index (χ3n) is 5.32. The summed E-state index contributed by atoms with van der Waals surface area (Å²) in [6, 6.07) is 22.3. The van der Waals surface area contributed by atoms with Crippen molar-refractivity contribution in [1.29, 1.82) is 0 Å². The van der Waals surface area contributed by atoms with E-state index in [0.717, 1.165) is 22.7 Å². The highest BCUT2D eigenvalue weighted by molar-refractivity contribution is 6.03. The highest BCUT2D eigenvalue weighted by Gasteiger charge is 2.35. The smallest absolute Gasteiger partial charge is 0.229 e. The molecule has 1 heterocycles. The Morgan fingerprint density at radius 2 is 1.65 bits per heavy atom. The van der Waals surface area contributed by atoms with E-state index in [4.69, 9.17) is 9.47 Å². The van der Waals surface area contributed by atoms with Crippen molar-refractivity contribution in [2.45, 2.75) is 13.3 Å². The molecule has 0 aromatic heterocycles. The molecular formula is C25H24N2O4. The molecule has 2 amide bonds. The van der Waals surface area contributed by atoms with Crippen LogP contribution in [0.1, 0.15) is 12.0 Å². The number of rotatable bonds is 6. The van der Waals surface area contributed by atoms with Crippen LogP contribution in [0.15, 0.2) is 72.8 Å². The van der Waals surface area contributed by atoms with Crippen molar-refractivity contribution in [3.63, 3.8) is 0 Å². The minimum atomic E-state index is -0.405. The monoisotopic (exact) mass is 416 g/mol. The fraction of sp³-hybridized carbons (Fsp3) is 0.200. The number of nitrogens with one attached hydrogen (secondary N) is 1. The van der Waals surface area contributed by atoms with Gasteiger partial charge in [0.15, 0.2) is 0 Å². The van der Waals surface area contributed by atoms with E-state index in [0.29, 0.717) is 18.0 Å². The van der Waals surface area contributed by atoms with Gasteiger partial charge in [0, 0.05) is 24.3 Å². The van der Waals surface area contributed by atoms with E-state index in [1.807, 2.05) is 55.5 Å². The Morgan fingerprint density at radius 3 is 2.32 bits per heavy atom. The van der Waals surface area contributed by atoms with Crippen LogP contribution in [-0.2, 0) is 9.59 Å². The van der Waals surface area contributed by atoms with E-state index >= 15 is 0 Å². The summed E-state index contributed by atoms with van der Waals surface area (Å²) in [5.41, 5.74) is 2.48. The van der Waals surface area contributed by atoms with Gasteiger partial charge in [0.2, 0.25) is 11.8 Å². The molecule has 0 spiro atoms. The van der Waals surface area contributed by atoms with E-state index in [2.05, 4.69) is 5.32 Å². The second-order valence-corrected chi connectivity index (χ2v) is 7.48. The minimum absolute atomic E-state index is 0.0627. The lowest BCUT2D eigenvalue weighted by atomic mass is 10.1. The van der Waals surface area contributed by atoms with Crippen LogP contribution in [0.3, 0.4) is 0 Å². The molecule has 0 aliphatic carbocycles. The first-order valence-electron chi connectivity index (χ1n) is 10.1. The van der Waals surface area contributed by atoms with Gasteiger partial charge in [-0.25, -0.2) is 0 Å². The molecule has 1 aliphatic heterocycles. The predicted octanol–water partition coefficient (Wildman–Crippen LogP) is 4.79. The van der Waals surface area contributed by atoms with E-state index in [1.54, 1.807) is 36.3 Å². The molecule has 0 unspecified atom stereocenters. The molecule has 1 aliphatic rings. The maximum atomic E-state index is 12.7. The Hall–Kier alpha value is -3.80. The molecular weight excluding hydrogens is 392 g/mol. The normalized spacial score (nSPS) is 15.6. The molecule has 4 rings (SSSR count). The Balaban J connectivity index is 1.37. The van der Waals surface area contributed by atoms with Crippen LogP contribution in [0.5, 0.6) is 17.2 Å². The lowest BCUT2D eigenvalue weighted by Gasteiger charge is -2.17. The van der Waals surface area contributed by atoms with Crippen molar-refractivity contribution in [3.8, 4) is 17.2 Å². The molecule has 158 valence electrons. The lowest BCUT2D eigenvalue weighted by molar-refractivity contribution is -0.122. The molecule has 0 saturated carbocycles. The van der Waals surface area contributed by atoms with Crippen molar-refractivity contribution >= 4 is 23.2 Å². The second-order valence-electron chi connectivity index (χ2n) is 7.48. The summed E-state index contributed by atoms with van der Waals surface area (Å²) in [6.07, 6.45) is 0.187. The van der Waals surface area contributed by atoms with Gasteiger partial charge in [0.25, 0.3) is 0 Å². The Morgan fingerprint density at radius 1 is 0.968 bits per heavy atom. The molecule has 6 heteroatoms. The van der Waals surface area contributed by atoms with Gasteiger partial charge in [-0.05, 0) is 67.1 Å². The van der Waals surface area contributed by atoms with Crippen LogP contribution in [0.2, 0.25) is 0 Å². The highest BCUT2D eigenvalue weighted by atomic mass is 16.5. The number of carbonyl (C=O) groups is 2. The van der Waals surface area contributed by atoms with Gasteiger partial charge in [-0.1, -0.05) is 18.2 Å². The van der Waals surface area contributed by atoms with Crippen molar-refractivity contribution in [3.05, 3.63) is 78.4 Å². The summed E-state index contributed by atoms with van der Waals surface area (Å²) in [5, 5.41) is 2.90. The Bertz CT molecular complexity index is 1080. The van der Waals surface area contributed by atoms with Crippen molar-refractivity contribution in [2.75, 3.05) is 23.9 Å². The van der Waals surface area contributed by atoms with Gasteiger partial charge in [-0.2, -0.15) is 0 Å². The summed E-state index contributed by atoms with van der Waals surface area (Å²) in [4.78, 5) is 26.8. The third kappa shape index (κ3) is 4.69. The molecule has 1 N–H and O–H groups in total. The highest BCUT2D eigenvalue weighted by Crippen LogP contribution is 2.29. The fourth-order valence-electron chi connectivity index (χ4n) is 3.54. The first kappa shape index (κ1) is 20.5. The standard InChI is InChI=1S/C25H24N2O4/c1-17-5-3-4-6-23(17)31-22-11-7-19(8-12-22)26-25(29)18-15-24(28)27(16-18)20-9-13-21(30-2)14-10-20/h3-14,18H,15-16H2,1-2H3,(H,26,29)/t18-/m0/s1. The zero-order valence-corrected chi connectivity index (χ0v) is 17.5. The molecule has 0 radical (unpaired) electrons. The second kappa shape index (κ2) is 8.92. The topological polar surface area (TPSA) is 67.9 Å². The first-order valence-corrected chi connectivity index (χ1v) is 10.1. The van der Waals surface area contributed by atoms with Crippen LogP contribution in [0, 0.1) is 12.8 Å². The number of benzene rings is 3. The number of methoxy groups -OCH3 is 1. The minimum Gasteiger partial charge on any atom is -0.497 e. The van der Waals surface area contributed by atoms with Crippen molar-refractivity contribution in [2.24, 2.45) is 5.92 Å². The average Bonchev–Trinajstić information content (AvgIpc) is 3.18. The number of hydrogen-bond acceptors (Lipinski definition) is 4. The van der Waals surface area contributed by atoms with Gasteiger partial charge < -0.3 is 19.7 Å². The van der Waals surface area contributed by atoms with Crippen molar-refractivity contribution in [1.82, 2.24) is 0 Å². The number of carbonyl (C=O) groups excluding carboxylic acids is 2. The number of nitrogens with zero attached hydrogens (tertiary/aromatic N) is 1. The molecule has 6 nitrogen and oxygen atoms in total. The van der Waals surface area contributed by atoms with Crippen LogP contribution < -0.4 is 19.7 Å². The quantitative estimate of drug-likeness (QED) is 0.628. The third-order valence-corrected chi connectivity index (χ3v) is 5.32. The van der Waals surface area contributed by atoms with E-state index in [1.165, 1.54) is 0 Å². The van der Waals surface area contributed by atoms with Crippen LogP contribution in [0.4, 0.5) is 11.4 Å². The van der Waals surface area contributed by atoms with Gasteiger partial charge >= 0.3 is 0 Å². The van der Waals surface area contributed by atoms with Gasteiger partial charge in [-0.3, -0.25) is 9.59 Å². The molecule has 1 saturated heterocycles. The zero-order valence-electron chi connectivity index (χ0n) is 17.5.